The average molecular weight is 369 g/mol. The zero-order valence-electron chi connectivity index (χ0n) is 14.1. The van der Waals surface area contributed by atoms with Crippen LogP contribution in [-0.2, 0) is 9.53 Å². The van der Waals surface area contributed by atoms with Crippen molar-refractivity contribution in [3.63, 3.8) is 0 Å². The molecule has 0 aromatic heterocycles. The first kappa shape index (κ1) is 19.1. The highest BCUT2D eigenvalue weighted by Gasteiger charge is 2.24. The second kappa shape index (κ2) is 9.27. The number of amides is 2. The van der Waals surface area contributed by atoms with Crippen LogP contribution >= 0.6 is 11.6 Å². The van der Waals surface area contributed by atoms with Gasteiger partial charge in [0, 0.05) is 44.0 Å². The van der Waals surface area contributed by atoms with Crippen LogP contribution in [0.4, 0.5) is 4.79 Å². The van der Waals surface area contributed by atoms with Crippen LogP contribution in [0.3, 0.4) is 0 Å². The fourth-order valence-electron chi connectivity index (χ4n) is 2.49. The SMILES string of the molecule is CCOC(=O)Oc1ccc(C(=O)N2CCN(C(=O)CCCl)CC2)cc1. The number of carbonyl (C=O) groups excluding carboxylic acids is 3. The van der Waals surface area contributed by atoms with Crippen LogP contribution in [0.2, 0.25) is 0 Å². The van der Waals surface area contributed by atoms with Crippen molar-refractivity contribution in [2.45, 2.75) is 13.3 Å². The van der Waals surface area contributed by atoms with Crippen molar-refractivity contribution < 1.29 is 23.9 Å². The van der Waals surface area contributed by atoms with E-state index in [2.05, 4.69) is 4.74 Å². The molecule has 1 aromatic rings. The first-order valence-electron chi connectivity index (χ1n) is 8.12. The van der Waals surface area contributed by atoms with Gasteiger partial charge in [-0.25, -0.2) is 4.79 Å². The first-order valence-corrected chi connectivity index (χ1v) is 8.66. The maximum atomic E-state index is 12.5. The molecule has 0 aliphatic carbocycles. The van der Waals surface area contributed by atoms with Crippen LogP contribution < -0.4 is 4.74 Å². The lowest BCUT2D eigenvalue weighted by atomic mass is 10.1. The summed E-state index contributed by atoms with van der Waals surface area (Å²) in [6.45, 7) is 3.89. The van der Waals surface area contributed by atoms with Crippen molar-refractivity contribution in [3.8, 4) is 5.75 Å². The molecule has 0 spiro atoms. The molecule has 25 heavy (non-hydrogen) atoms. The van der Waals surface area contributed by atoms with Crippen LogP contribution in [0.25, 0.3) is 0 Å². The van der Waals surface area contributed by atoms with Crippen molar-refractivity contribution in [1.29, 1.82) is 0 Å². The number of hydrogen-bond donors (Lipinski definition) is 0. The molecule has 1 fully saturated rings. The molecule has 1 aliphatic heterocycles. The smallest absolute Gasteiger partial charge is 0.434 e. The van der Waals surface area contributed by atoms with Gasteiger partial charge < -0.3 is 19.3 Å². The monoisotopic (exact) mass is 368 g/mol. The predicted molar refractivity (Wildman–Crippen MR) is 91.9 cm³/mol. The third-order valence-electron chi connectivity index (χ3n) is 3.79. The predicted octanol–water partition coefficient (Wildman–Crippen LogP) is 2.14. The molecule has 0 unspecified atom stereocenters. The minimum absolute atomic E-state index is 0.0163. The highest BCUT2D eigenvalue weighted by molar-refractivity contribution is 6.18. The molecule has 0 radical (unpaired) electrons. The van der Waals surface area contributed by atoms with E-state index in [1.165, 1.54) is 0 Å². The molecule has 1 heterocycles. The van der Waals surface area contributed by atoms with E-state index in [0.717, 1.165) is 0 Å². The van der Waals surface area contributed by atoms with E-state index in [9.17, 15) is 14.4 Å². The van der Waals surface area contributed by atoms with Crippen LogP contribution in [0.5, 0.6) is 5.75 Å². The standard InChI is InChI=1S/C17H21ClN2O5/c1-2-24-17(23)25-14-5-3-13(4-6-14)16(22)20-11-9-19(10-12-20)15(21)7-8-18/h3-6H,2,7-12H2,1H3. The van der Waals surface area contributed by atoms with Gasteiger partial charge in [-0.1, -0.05) is 0 Å². The number of alkyl halides is 1. The Morgan fingerprint density at radius 2 is 1.64 bits per heavy atom. The Balaban J connectivity index is 1.89. The van der Waals surface area contributed by atoms with Gasteiger partial charge >= 0.3 is 6.16 Å². The molecule has 7 nitrogen and oxygen atoms in total. The maximum absolute atomic E-state index is 12.5. The number of hydrogen-bond acceptors (Lipinski definition) is 5. The average Bonchev–Trinajstić information content (AvgIpc) is 2.62. The number of rotatable bonds is 5. The molecule has 0 saturated carbocycles. The zero-order chi connectivity index (χ0) is 18.2. The topological polar surface area (TPSA) is 76.2 Å². The fourth-order valence-corrected chi connectivity index (χ4v) is 2.65. The molecule has 1 saturated heterocycles. The molecule has 0 bridgehead atoms. The minimum Gasteiger partial charge on any atom is -0.434 e. The Labute approximate surface area is 151 Å². The molecule has 1 aliphatic rings. The summed E-state index contributed by atoms with van der Waals surface area (Å²) in [5.41, 5.74) is 0.497. The molecule has 2 amide bonds. The molecule has 2 rings (SSSR count). The van der Waals surface area contributed by atoms with Crippen LogP contribution in [0, 0.1) is 0 Å². The summed E-state index contributed by atoms with van der Waals surface area (Å²) in [7, 11) is 0. The van der Waals surface area contributed by atoms with Gasteiger partial charge in [0.05, 0.1) is 6.61 Å². The van der Waals surface area contributed by atoms with Gasteiger partial charge in [0.1, 0.15) is 5.75 Å². The fraction of sp³-hybridized carbons (Fsp3) is 0.471. The van der Waals surface area contributed by atoms with E-state index < -0.39 is 6.16 Å². The van der Waals surface area contributed by atoms with E-state index in [4.69, 9.17) is 16.3 Å². The van der Waals surface area contributed by atoms with Gasteiger partial charge in [0.2, 0.25) is 5.91 Å². The van der Waals surface area contributed by atoms with Crippen molar-refractivity contribution in [2.24, 2.45) is 0 Å². The molecular weight excluding hydrogens is 348 g/mol. The summed E-state index contributed by atoms with van der Waals surface area (Å²) in [5, 5.41) is 0. The number of ether oxygens (including phenoxy) is 2. The lowest BCUT2D eigenvalue weighted by molar-refractivity contribution is -0.132. The second-order valence-electron chi connectivity index (χ2n) is 5.42. The largest absolute Gasteiger partial charge is 0.513 e. The highest BCUT2D eigenvalue weighted by atomic mass is 35.5. The molecule has 8 heteroatoms. The van der Waals surface area contributed by atoms with Gasteiger partial charge in [0.25, 0.3) is 5.91 Å². The third kappa shape index (κ3) is 5.35. The van der Waals surface area contributed by atoms with Crippen LogP contribution in [0.1, 0.15) is 23.7 Å². The Morgan fingerprint density at radius 1 is 1.04 bits per heavy atom. The van der Waals surface area contributed by atoms with Crippen LogP contribution in [-0.4, -0.2) is 66.4 Å². The molecule has 1 aromatic carbocycles. The number of halogens is 1. The van der Waals surface area contributed by atoms with Crippen molar-refractivity contribution >= 4 is 29.6 Å². The summed E-state index contributed by atoms with van der Waals surface area (Å²) in [5.74, 6) is 0.513. The van der Waals surface area contributed by atoms with Crippen molar-refractivity contribution in [2.75, 3.05) is 38.7 Å². The third-order valence-corrected chi connectivity index (χ3v) is 3.98. The van der Waals surface area contributed by atoms with Gasteiger partial charge in [-0.05, 0) is 31.2 Å². The Morgan fingerprint density at radius 3 is 2.20 bits per heavy atom. The molecule has 0 atom stereocenters. The van der Waals surface area contributed by atoms with Crippen molar-refractivity contribution in [3.05, 3.63) is 29.8 Å². The second-order valence-corrected chi connectivity index (χ2v) is 5.80. The summed E-state index contributed by atoms with van der Waals surface area (Å²) in [4.78, 5) is 39.0. The summed E-state index contributed by atoms with van der Waals surface area (Å²) in [6.07, 6.45) is -0.462. The first-order chi connectivity index (χ1) is 12.0. The van der Waals surface area contributed by atoms with E-state index in [0.29, 0.717) is 49.8 Å². The normalized spacial score (nSPS) is 14.2. The van der Waals surface area contributed by atoms with Crippen LogP contribution in [0.15, 0.2) is 24.3 Å². The highest BCUT2D eigenvalue weighted by Crippen LogP contribution is 2.15. The van der Waals surface area contributed by atoms with Gasteiger partial charge in [-0.15, -0.1) is 11.6 Å². The zero-order valence-corrected chi connectivity index (χ0v) is 14.8. The summed E-state index contributed by atoms with van der Waals surface area (Å²) in [6, 6.07) is 6.29. The van der Waals surface area contributed by atoms with E-state index in [1.807, 2.05) is 0 Å². The van der Waals surface area contributed by atoms with Gasteiger partial charge in [-0.3, -0.25) is 9.59 Å². The lowest BCUT2D eigenvalue weighted by Crippen LogP contribution is -2.50. The van der Waals surface area contributed by atoms with E-state index in [-0.39, 0.29) is 18.4 Å². The molecular formula is C17H21ClN2O5. The molecule has 0 N–H and O–H groups in total. The molecule has 136 valence electrons. The van der Waals surface area contributed by atoms with Crippen molar-refractivity contribution in [1.82, 2.24) is 9.80 Å². The number of carbonyl (C=O) groups is 3. The van der Waals surface area contributed by atoms with Gasteiger partial charge in [-0.2, -0.15) is 0 Å². The maximum Gasteiger partial charge on any atom is 0.513 e. The number of nitrogens with zero attached hydrogens (tertiary/aromatic N) is 2. The number of benzene rings is 1. The van der Waals surface area contributed by atoms with E-state index in [1.54, 1.807) is 41.0 Å². The lowest BCUT2D eigenvalue weighted by Gasteiger charge is -2.34. The quantitative estimate of drug-likeness (QED) is 0.452. The Hall–Kier alpha value is -2.28. The number of piperazine rings is 1. The minimum atomic E-state index is -0.778. The Kier molecular flexibility index (Phi) is 7.06. The summed E-state index contributed by atoms with van der Waals surface area (Å²) >= 11 is 5.59. The summed E-state index contributed by atoms with van der Waals surface area (Å²) < 4.78 is 9.65. The van der Waals surface area contributed by atoms with Gasteiger partial charge in [0.15, 0.2) is 0 Å². The Bertz CT molecular complexity index is 612. The van der Waals surface area contributed by atoms with E-state index >= 15 is 0 Å².